The second kappa shape index (κ2) is 5.58. The van der Waals surface area contributed by atoms with Gasteiger partial charge in [0.2, 0.25) is 5.91 Å². The number of rotatable bonds is 2. The number of hydrogen-bond acceptors (Lipinski definition) is 4. The Labute approximate surface area is 123 Å². The van der Waals surface area contributed by atoms with Gasteiger partial charge < -0.3 is 9.84 Å². The second-order valence-electron chi connectivity index (χ2n) is 5.70. The first kappa shape index (κ1) is 14.2. The number of fused-ring (bicyclic) bond motifs is 1. The van der Waals surface area contributed by atoms with E-state index in [2.05, 4.69) is 0 Å². The van der Waals surface area contributed by atoms with Gasteiger partial charge >= 0.3 is 0 Å². The maximum absolute atomic E-state index is 12.2. The van der Waals surface area contributed by atoms with Crippen molar-refractivity contribution in [3.05, 3.63) is 34.9 Å². The van der Waals surface area contributed by atoms with E-state index in [1.54, 1.807) is 18.2 Å². The Morgan fingerprint density at radius 2 is 2.14 bits per heavy atom. The van der Waals surface area contributed by atoms with E-state index in [4.69, 9.17) is 4.74 Å². The molecule has 3 rings (SSSR count). The third-order valence-corrected chi connectivity index (χ3v) is 4.29. The highest BCUT2D eigenvalue weighted by Gasteiger charge is 2.30. The molecule has 0 aromatic heterocycles. The van der Waals surface area contributed by atoms with Crippen molar-refractivity contribution in [3.8, 4) is 0 Å². The van der Waals surface area contributed by atoms with Gasteiger partial charge in [0.1, 0.15) is 6.10 Å². The van der Waals surface area contributed by atoms with Gasteiger partial charge in [-0.15, -0.1) is 0 Å². The van der Waals surface area contributed by atoms with Crippen molar-refractivity contribution in [3.63, 3.8) is 0 Å². The minimum atomic E-state index is -0.730. The first-order chi connectivity index (χ1) is 10.1. The van der Waals surface area contributed by atoms with Crippen LogP contribution in [0.15, 0.2) is 18.2 Å². The van der Waals surface area contributed by atoms with E-state index in [0.29, 0.717) is 17.7 Å². The average Bonchev–Trinajstić information content (AvgIpc) is 2.53. The molecule has 2 amide bonds. The lowest BCUT2D eigenvalue weighted by molar-refractivity contribution is -0.127. The Bertz CT molecular complexity index is 578. The summed E-state index contributed by atoms with van der Waals surface area (Å²) < 4.78 is 5.60. The van der Waals surface area contributed by atoms with Crippen LogP contribution in [0.5, 0.6) is 0 Å². The monoisotopic (exact) mass is 289 g/mol. The Balaban J connectivity index is 1.88. The third-order valence-electron chi connectivity index (χ3n) is 4.29. The normalized spacial score (nSPS) is 23.9. The number of ether oxygens (including phenoxy) is 1. The number of aliphatic hydroxyl groups excluding tert-OH is 1. The number of nitrogens with zero attached hydrogens (tertiary/aromatic N) is 1. The molecule has 21 heavy (non-hydrogen) atoms. The highest BCUT2D eigenvalue weighted by molar-refractivity contribution is 6.09. The summed E-state index contributed by atoms with van der Waals surface area (Å²) in [6, 6.07) is 5.25. The quantitative estimate of drug-likeness (QED) is 0.837. The van der Waals surface area contributed by atoms with Crippen LogP contribution in [0.1, 0.15) is 46.9 Å². The summed E-state index contributed by atoms with van der Waals surface area (Å²) in [4.78, 5) is 25.0. The molecule has 2 atom stereocenters. The first-order valence-electron chi connectivity index (χ1n) is 7.31. The molecule has 1 fully saturated rings. The van der Waals surface area contributed by atoms with Gasteiger partial charge in [-0.1, -0.05) is 12.1 Å². The minimum absolute atomic E-state index is 0.198. The standard InChI is InChI=1S/C16H19NO4/c1-17-14(18)9-10-5-6-11(8-12(10)16(17)20)15(19)13-4-2-3-7-21-13/h5-6,8,13,15,19H,2-4,7,9H2,1H3. The van der Waals surface area contributed by atoms with Crippen LogP contribution in [0.3, 0.4) is 0 Å². The molecular formula is C16H19NO4. The van der Waals surface area contributed by atoms with Gasteiger partial charge in [0.05, 0.1) is 12.5 Å². The zero-order valence-corrected chi connectivity index (χ0v) is 12.0. The van der Waals surface area contributed by atoms with Crippen molar-refractivity contribution in [2.75, 3.05) is 13.7 Å². The van der Waals surface area contributed by atoms with Gasteiger partial charge in [0.15, 0.2) is 0 Å². The maximum Gasteiger partial charge on any atom is 0.260 e. The Kier molecular flexibility index (Phi) is 3.78. The minimum Gasteiger partial charge on any atom is -0.386 e. The zero-order chi connectivity index (χ0) is 15.0. The summed E-state index contributed by atoms with van der Waals surface area (Å²) in [6.07, 6.45) is 2.18. The van der Waals surface area contributed by atoms with Gasteiger partial charge in [-0.25, -0.2) is 0 Å². The topological polar surface area (TPSA) is 66.8 Å². The van der Waals surface area contributed by atoms with E-state index >= 15 is 0 Å². The van der Waals surface area contributed by atoms with E-state index in [0.717, 1.165) is 29.7 Å². The molecule has 1 saturated heterocycles. The molecule has 2 heterocycles. The molecule has 0 bridgehead atoms. The highest BCUT2D eigenvalue weighted by atomic mass is 16.5. The van der Waals surface area contributed by atoms with E-state index in [1.807, 2.05) is 0 Å². The maximum atomic E-state index is 12.2. The SMILES string of the molecule is CN1C(=O)Cc2ccc(C(O)C3CCCCO3)cc2C1=O. The van der Waals surface area contributed by atoms with Gasteiger partial charge in [0.25, 0.3) is 5.91 Å². The van der Waals surface area contributed by atoms with Crippen LogP contribution in [0.2, 0.25) is 0 Å². The molecule has 2 unspecified atom stereocenters. The molecule has 5 heteroatoms. The van der Waals surface area contributed by atoms with Gasteiger partial charge in [-0.2, -0.15) is 0 Å². The predicted octanol–water partition coefficient (Wildman–Crippen LogP) is 1.44. The van der Waals surface area contributed by atoms with Crippen LogP contribution in [0.25, 0.3) is 0 Å². The Morgan fingerprint density at radius 3 is 2.86 bits per heavy atom. The van der Waals surface area contributed by atoms with Gasteiger partial charge in [-0.3, -0.25) is 14.5 Å². The van der Waals surface area contributed by atoms with Crippen LogP contribution in [0.4, 0.5) is 0 Å². The fraction of sp³-hybridized carbons (Fsp3) is 0.500. The fourth-order valence-electron chi connectivity index (χ4n) is 2.94. The lowest BCUT2D eigenvalue weighted by Gasteiger charge is -2.29. The van der Waals surface area contributed by atoms with E-state index in [1.165, 1.54) is 7.05 Å². The zero-order valence-electron chi connectivity index (χ0n) is 12.0. The molecule has 0 saturated carbocycles. The molecule has 112 valence electrons. The van der Waals surface area contributed by atoms with Crippen LogP contribution >= 0.6 is 0 Å². The number of benzene rings is 1. The number of carbonyl (C=O) groups is 2. The molecule has 5 nitrogen and oxygen atoms in total. The Hall–Kier alpha value is -1.72. The van der Waals surface area contributed by atoms with Crippen molar-refractivity contribution >= 4 is 11.8 Å². The average molecular weight is 289 g/mol. The van der Waals surface area contributed by atoms with Crippen molar-refractivity contribution in [1.82, 2.24) is 4.90 Å². The molecule has 1 aromatic rings. The second-order valence-corrected chi connectivity index (χ2v) is 5.70. The van der Waals surface area contributed by atoms with Crippen molar-refractivity contribution in [2.45, 2.75) is 37.9 Å². The molecule has 1 aromatic carbocycles. The first-order valence-corrected chi connectivity index (χ1v) is 7.31. The number of carbonyl (C=O) groups excluding carboxylic acids is 2. The van der Waals surface area contributed by atoms with Crippen LogP contribution in [0, 0.1) is 0 Å². The van der Waals surface area contributed by atoms with Crippen molar-refractivity contribution in [1.29, 1.82) is 0 Å². The van der Waals surface area contributed by atoms with Gasteiger partial charge in [0, 0.05) is 19.2 Å². The predicted molar refractivity (Wildman–Crippen MR) is 75.8 cm³/mol. The lowest BCUT2D eigenvalue weighted by atomic mass is 9.92. The fourth-order valence-corrected chi connectivity index (χ4v) is 2.94. The molecule has 0 aliphatic carbocycles. The summed E-state index contributed by atoms with van der Waals surface area (Å²) in [5.41, 5.74) is 1.91. The largest absolute Gasteiger partial charge is 0.386 e. The molecule has 0 spiro atoms. The number of hydrogen-bond donors (Lipinski definition) is 1. The smallest absolute Gasteiger partial charge is 0.260 e. The number of aliphatic hydroxyl groups is 1. The van der Waals surface area contributed by atoms with Gasteiger partial charge in [-0.05, 0) is 36.5 Å². The molecular weight excluding hydrogens is 270 g/mol. The lowest BCUT2D eigenvalue weighted by Crippen LogP contribution is -2.39. The van der Waals surface area contributed by atoms with Crippen LogP contribution in [-0.2, 0) is 16.0 Å². The Morgan fingerprint density at radius 1 is 1.33 bits per heavy atom. The highest BCUT2D eigenvalue weighted by Crippen LogP contribution is 2.29. The third kappa shape index (κ3) is 2.59. The molecule has 0 radical (unpaired) electrons. The number of amides is 2. The molecule has 2 aliphatic rings. The molecule has 2 aliphatic heterocycles. The van der Waals surface area contributed by atoms with Crippen LogP contribution in [-0.4, -0.2) is 41.6 Å². The summed E-state index contributed by atoms with van der Waals surface area (Å²) in [5.74, 6) is -0.503. The summed E-state index contributed by atoms with van der Waals surface area (Å²) in [6.45, 7) is 0.669. The molecule has 1 N–H and O–H groups in total. The summed E-state index contributed by atoms with van der Waals surface area (Å²) >= 11 is 0. The van der Waals surface area contributed by atoms with E-state index in [9.17, 15) is 14.7 Å². The summed E-state index contributed by atoms with van der Waals surface area (Å²) in [7, 11) is 1.49. The van der Waals surface area contributed by atoms with Crippen LogP contribution < -0.4 is 0 Å². The van der Waals surface area contributed by atoms with Crippen molar-refractivity contribution in [2.24, 2.45) is 0 Å². The van der Waals surface area contributed by atoms with E-state index < -0.39 is 6.10 Å². The van der Waals surface area contributed by atoms with Crippen molar-refractivity contribution < 1.29 is 19.4 Å². The van der Waals surface area contributed by atoms with E-state index in [-0.39, 0.29) is 24.3 Å². The number of likely N-dealkylation sites (N-methyl/N-ethyl adjacent to an activating group) is 1. The summed E-state index contributed by atoms with van der Waals surface area (Å²) in [5, 5.41) is 10.4. The number of imide groups is 1.